The van der Waals surface area contributed by atoms with Gasteiger partial charge in [0.15, 0.2) is 5.58 Å². The van der Waals surface area contributed by atoms with E-state index < -0.39 is 0 Å². The maximum absolute atomic E-state index is 7.30. The summed E-state index contributed by atoms with van der Waals surface area (Å²) in [5, 5.41) is 9.15. The standard InChI is InChI=1S/C56H35NO2/c1-3-14-36(15-4-1)37-26-30-40(31-27-37)57(41-32-28-39(29-33-41)43-23-13-24-49-46-20-11-12-25-51(46)58-54(43)49)50-35-34-42(38-16-5-2-6-17-38)52-53-47-21-9-7-18-44(47)45-19-8-10-22-48(45)55(53)59-56(50)52/h1-35H. The fraction of sp³-hybridized carbons (Fsp3) is 0. The van der Waals surface area contributed by atoms with Gasteiger partial charge in [0.05, 0.1) is 5.69 Å². The lowest BCUT2D eigenvalue weighted by atomic mass is 9.93. The van der Waals surface area contributed by atoms with Crippen LogP contribution in [0.15, 0.2) is 221 Å². The highest BCUT2D eigenvalue weighted by Gasteiger charge is 2.25. The van der Waals surface area contributed by atoms with Gasteiger partial charge in [-0.2, -0.15) is 0 Å². The zero-order valence-electron chi connectivity index (χ0n) is 32.0. The van der Waals surface area contributed by atoms with Gasteiger partial charge in [-0.25, -0.2) is 0 Å². The summed E-state index contributed by atoms with van der Waals surface area (Å²) >= 11 is 0. The van der Waals surface area contributed by atoms with Crippen molar-refractivity contribution < 1.29 is 8.83 Å². The summed E-state index contributed by atoms with van der Waals surface area (Å²) in [7, 11) is 0. The summed E-state index contributed by atoms with van der Waals surface area (Å²) in [6.45, 7) is 0. The first kappa shape index (κ1) is 33.3. The molecule has 0 bridgehead atoms. The van der Waals surface area contributed by atoms with Crippen molar-refractivity contribution in [1.29, 1.82) is 0 Å². The number of furan rings is 2. The first-order chi connectivity index (χ1) is 29.3. The van der Waals surface area contributed by atoms with Gasteiger partial charge in [0, 0.05) is 43.9 Å². The molecule has 0 atom stereocenters. The van der Waals surface area contributed by atoms with Gasteiger partial charge in [-0.3, -0.25) is 0 Å². The van der Waals surface area contributed by atoms with Crippen LogP contribution in [0.4, 0.5) is 17.1 Å². The summed E-state index contributed by atoms with van der Waals surface area (Å²) in [5.74, 6) is 0. The first-order valence-corrected chi connectivity index (χ1v) is 20.1. The summed E-state index contributed by atoms with van der Waals surface area (Å²) in [6.07, 6.45) is 0. The van der Waals surface area contributed by atoms with Gasteiger partial charge in [-0.15, -0.1) is 0 Å². The third kappa shape index (κ3) is 5.29. The van der Waals surface area contributed by atoms with Crippen molar-refractivity contribution in [1.82, 2.24) is 0 Å². The van der Waals surface area contributed by atoms with E-state index in [1.807, 2.05) is 12.1 Å². The minimum atomic E-state index is 0.839. The SMILES string of the molecule is c1ccc(-c2ccc(N(c3ccc(-c4cccc5c4oc4ccccc45)cc3)c3ccc(-c4ccccc4)c4c3oc3c5ccccc5c5ccccc5c34)cc2)cc1. The quantitative estimate of drug-likeness (QED) is 0.158. The molecule has 276 valence electrons. The van der Waals surface area contributed by atoms with Crippen LogP contribution >= 0.6 is 0 Å². The molecule has 0 unspecified atom stereocenters. The molecule has 0 N–H and O–H groups in total. The predicted octanol–water partition coefficient (Wildman–Crippen LogP) is 16.3. The summed E-state index contributed by atoms with van der Waals surface area (Å²) in [5.41, 5.74) is 13.3. The topological polar surface area (TPSA) is 29.5 Å². The Morgan fingerprint density at radius 2 is 0.780 bits per heavy atom. The van der Waals surface area contributed by atoms with Crippen molar-refractivity contribution in [2.75, 3.05) is 4.90 Å². The average molecular weight is 754 g/mol. The smallest absolute Gasteiger partial charge is 0.160 e. The fourth-order valence-corrected chi connectivity index (χ4v) is 9.15. The van der Waals surface area contributed by atoms with Gasteiger partial charge in [0.1, 0.15) is 16.7 Å². The van der Waals surface area contributed by atoms with E-state index >= 15 is 0 Å². The van der Waals surface area contributed by atoms with Crippen LogP contribution in [0.25, 0.3) is 98.8 Å². The fourth-order valence-electron chi connectivity index (χ4n) is 9.15. The Kier molecular flexibility index (Phi) is 7.54. The molecular formula is C56H35NO2. The van der Waals surface area contributed by atoms with Crippen molar-refractivity contribution in [3.05, 3.63) is 212 Å². The van der Waals surface area contributed by atoms with Gasteiger partial charge in [0.2, 0.25) is 0 Å². The number of hydrogen-bond donors (Lipinski definition) is 0. The van der Waals surface area contributed by atoms with E-state index in [-0.39, 0.29) is 0 Å². The molecule has 2 aromatic heterocycles. The van der Waals surface area contributed by atoms with Gasteiger partial charge < -0.3 is 13.7 Å². The van der Waals surface area contributed by atoms with Crippen molar-refractivity contribution >= 4 is 82.5 Å². The molecule has 0 fully saturated rings. The molecule has 3 nitrogen and oxygen atoms in total. The molecule has 0 radical (unpaired) electrons. The Hall–Kier alpha value is -7.88. The molecule has 12 rings (SSSR count). The number of anilines is 3. The van der Waals surface area contributed by atoms with E-state index in [9.17, 15) is 0 Å². The van der Waals surface area contributed by atoms with Crippen molar-refractivity contribution in [3.63, 3.8) is 0 Å². The van der Waals surface area contributed by atoms with Crippen molar-refractivity contribution in [2.45, 2.75) is 0 Å². The molecule has 3 heteroatoms. The number of fused-ring (bicyclic) bond motifs is 11. The minimum Gasteiger partial charge on any atom is -0.455 e. The molecule has 59 heavy (non-hydrogen) atoms. The van der Waals surface area contributed by atoms with E-state index in [2.05, 4.69) is 205 Å². The van der Waals surface area contributed by atoms with Gasteiger partial charge >= 0.3 is 0 Å². The average Bonchev–Trinajstić information content (AvgIpc) is 3.91. The highest BCUT2D eigenvalue weighted by Crippen LogP contribution is 2.50. The second-order valence-corrected chi connectivity index (χ2v) is 15.2. The molecule has 0 aliphatic carbocycles. The van der Waals surface area contributed by atoms with E-state index in [0.29, 0.717) is 0 Å². The zero-order valence-corrected chi connectivity index (χ0v) is 32.0. The highest BCUT2D eigenvalue weighted by atomic mass is 16.3. The minimum absolute atomic E-state index is 0.839. The molecule has 0 saturated heterocycles. The predicted molar refractivity (Wildman–Crippen MR) is 247 cm³/mol. The molecule has 0 aliphatic heterocycles. The number of hydrogen-bond acceptors (Lipinski definition) is 3. The van der Waals surface area contributed by atoms with Crippen LogP contribution in [0.2, 0.25) is 0 Å². The normalized spacial score (nSPS) is 11.7. The highest BCUT2D eigenvalue weighted by molar-refractivity contribution is 6.33. The number of benzene rings is 10. The molecule has 0 aliphatic rings. The van der Waals surface area contributed by atoms with Crippen LogP contribution in [0.3, 0.4) is 0 Å². The van der Waals surface area contributed by atoms with Crippen molar-refractivity contribution in [3.8, 4) is 33.4 Å². The van der Waals surface area contributed by atoms with Crippen LogP contribution in [0.5, 0.6) is 0 Å². The molecule has 2 heterocycles. The molecule has 10 aromatic carbocycles. The Balaban J connectivity index is 1.11. The molecular weight excluding hydrogens is 719 g/mol. The molecule has 0 amide bonds. The number of para-hydroxylation sites is 2. The van der Waals surface area contributed by atoms with Gasteiger partial charge in [-0.05, 0) is 80.4 Å². The second kappa shape index (κ2) is 13.4. The lowest BCUT2D eigenvalue weighted by Crippen LogP contribution is -2.10. The lowest BCUT2D eigenvalue weighted by Gasteiger charge is -2.26. The Morgan fingerprint density at radius 3 is 1.49 bits per heavy atom. The van der Waals surface area contributed by atoms with Crippen LogP contribution in [-0.2, 0) is 0 Å². The van der Waals surface area contributed by atoms with E-state index in [0.717, 1.165) is 94.1 Å². The monoisotopic (exact) mass is 753 g/mol. The van der Waals surface area contributed by atoms with Gasteiger partial charge in [0.25, 0.3) is 0 Å². The third-order valence-corrected chi connectivity index (χ3v) is 11.9. The maximum Gasteiger partial charge on any atom is 0.160 e. The summed E-state index contributed by atoms with van der Waals surface area (Å²) < 4.78 is 13.8. The summed E-state index contributed by atoms with van der Waals surface area (Å²) in [6, 6.07) is 75.4. The molecule has 12 aromatic rings. The molecule has 0 spiro atoms. The van der Waals surface area contributed by atoms with Crippen LogP contribution in [0, 0.1) is 0 Å². The number of rotatable bonds is 6. The van der Waals surface area contributed by atoms with Crippen molar-refractivity contribution in [2.24, 2.45) is 0 Å². The van der Waals surface area contributed by atoms with Crippen LogP contribution in [0.1, 0.15) is 0 Å². The van der Waals surface area contributed by atoms with E-state index in [1.165, 1.54) is 21.7 Å². The van der Waals surface area contributed by atoms with E-state index in [1.54, 1.807) is 0 Å². The largest absolute Gasteiger partial charge is 0.455 e. The first-order valence-electron chi connectivity index (χ1n) is 20.1. The zero-order chi connectivity index (χ0) is 38.9. The number of nitrogens with zero attached hydrogens (tertiary/aromatic N) is 1. The third-order valence-electron chi connectivity index (χ3n) is 11.9. The summed E-state index contributed by atoms with van der Waals surface area (Å²) in [4.78, 5) is 2.34. The maximum atomic E-state index is 7.30. The Labute approximate surface area is 340 Å². The Morgan fingerprint density at radius 1 is 0.271 bits per heavy atom. The van der Waals surface area contributed by atoms with Gasteiger partial charge in [-0.1, -0.05) is 176 Å². The van der Waals surface area contributed by atoms with Crippen LogP contribution < -0.4 is 4.90 Å². The second-order valence-electron chi connectivity index (χ2n) is 15.2. The molecule has 0 saturated carbocycles. The Bertz CT molecular complexity index is 3530. The van der Waals surface area contributed by atoms with Crippen LogP contribution in [-0.4, -0.2) is 0 Å². The van der Waals surface area contributed by atoms with E-state index in [4.69, 9.17) is 8.83 Å². The lowest BCUT2D eigenvalue weighted by molar-refractivity contribution is 0.670.